The van der Waals surface area contributed by atoms with Crippen LogP contribution in [0, 0.1) is 0 Å². The van der Waals surface area contributed by atoms with Crippen LogP contribution in [0.25, 0.3) is 6.08 Å². The van der Waals surface area contributed by atoms with Crippen LogP contribution in [0.5, 0.6) is 0 Å². The van der Waals surface area contributed by atoms with Crippen LogP contribution in [0.4, 0.5) is 0 Å². The van der Waals surface area contributed by atoms with E-state index in [0.29, 0.717) is 0 Å². The number of hydrogen-bond acceptors (Lipinski definition) is 4. The van der Waals surface area contributed by atoms with Crippen molar-refractivity contribution >= 4 is 18.1 Å². The van der Waals surface area contributed by atoms with Crippen LogP contribution in [0.3, 0.4) is 0 Å². The Hall–Kier alpha value is -2.10. The van der Waals surface area contributed by atoms with E-state index in [0.717, 1.165) is 29.7 Å². The minimum atomic E-state index is 0.0941. The molecule has 18 heavy (non-hydrogen) atoms. The van der Waals surface area contributed by atoms with Gasteiger partial charge in [-0.1, -0.05) is 0 Å². The van der Waals surface area contributed by atoms with Crippen LogP contribution >= 0.6 is 0 Å². The highest BCUT2D eigenvalue weighted by molar-refractivity contribution is 6.14. The molecule has 0 radical (unpaired) electrons. The molecule has 0 saturated heterocycles. The number of furan rings is 1. The quantitative estimate of drug-likeness (QED) is 0.466. The van der Waals surface area contributed by atoms with Crippen LogP contribution in [0.2, 0.25) is 0 Å². The zero-order valence-corrected chi connectivity index (χ0v) is 10.6. The van der Waals surface area contributed by atoms with Gasteiger partial charge < -0.3 is 9.43 Å². The summed E-state index contributed by atoms with van der Waals surface area (Å²) in [7, 11) is 3.68. The van der Waals surface area contributed by atoms with Crippen LogP contribution < -0.4 is 0 Å². The molecule has 0 aliphatic heterocycles. The van der Waals surface area contributed by atoms with Gasteiger partial charge in [0.15, 0.2) is 5.78 Å². The van der Waals surface area contributed by atoms with E-state index in [1.807, 2.05) is 32.3 Å². The summed E-state index contributed by atoms with van der Waals surface area (Å²) in [6, 6.07) is 3.65. The molecule has 1 saturated carbocycles. The van der Waals surface area contributed by atoms with Crippen LogP contribution in [-0.4, -0.2) is 31.1 Å². The number of allylic oxidation sites excluding steroid dienone is 3. The molecule has 4 nitrogen and oxygen atoms in total. The monoisotopic (exact) mass is 244 g/mol. The van der Waals surface area contributed by atoms with Gasteiger partial charge in [-0.2, -0.15) is 5.10 Å². The number of ketones is 1. The highest BCUT2D eigenvalue weighted by Crippen LogP contribution is 2.27. The van der Waals surface area contributed by atoms with Gasteiger partial charge in [-0.05, 0) is 37.1 Å². The molecule has 1 aliphatic carbocycles. The third kappa shape index (κ3) is 2.97. The molecule has 1 aliphatic rings. The molecule has 1 aromatic rings. The Kier molecular flexibility index (Phi) is 3.77. The maximum Gasteiger partial charge on any atom is 0.185 e. The van der Waals surface area contributed by atoms with E-state index in [-0.39, 0.29) is 5.78 Å². The Morgan fingerprint density at radius 2 is 2.11 bits per heavy atom. The average molecular weight is 244 g/mol. The Morgan fingerprint density at radius 1 is 1.33 bits per heavy atom. The summed E-state index contributed by atoms with van der Waals surface area (Å²) in [6.45, 7) is 0. The molecule has 1 fully saturated rings. The summed E-state index contributed by atoms with van der Waals surface area (Å²) in [5.41, 5.74) is 1.60. The molecular formula is C14H16N2O2. The first-order chi connectivity index (χ1) is 8.66. The van der Waals surface area contributed by atoms with Gasteiger partial charge >= 0.3 is 0 Å². The lowest BCUT2D eigenvalue weighted by Gasteiger charge is -2.00. The van der Waals surface area contributed by atoms with Gasteiger partial charge in [0.25, 0.3) is 0 Å². The smallest absolute Gasteiger partial charge is 0.185 e. The molecule has 1 aromatic heterocycles. The normalized spacial score (nSPS) is 20.4. The Morgan fingerprint density at radius 3 is 2.78 bits per heavy atom. The number of hydrazone groups is 1. The lowest BCUT2D eigenvalue weighted by atomic mass is 10.1. The molecule has 0 aromatic carbocycles. The van der Waals surface area contributed by atoms with Gasteiger partial charge in [0.05, 0.1) is 6.26 Å². The van der Waals surface area contributed by atoms with Crippen molar-refractivity contribution in [3.05, 3.63) is 41.4 Å². The first-order valence-corrected chi connectivity index (χ1v) is 5.86. The Labute approximate surface area is 106 Å². The molecule has 2 rings (SSSR count). The fourth-order valence-corrected chi connectivity index (χ4v) is 1.80. The minimum absolute atomic E-state index is 0.0941. The third-order valence-corrected chi connectivity index (χ3v) is 2.68. The summed E-state index contributed by atoms with van der Waals surface area (Å²) in [5, 5.41) is 5.76. The zero-order valence-electron chi connectivity index (χ0n) is 10.6. The Bertz CT molecular complexity index is 508. The lowest BCUT2D eigenvalue weighted by molar-refractivity contribution is -0.111. The summed E-state index contributed by atoms with van der Waals surface area (Å²) in [5.74, 6) is 0.818. The molecule has 0 unspecified atom stereocenters. The molecule has 0 spiro atoms. The number of carbonyl (C=O) groups excluding carboxylic acids is 1. The molecule has 4 heteroatoms. The summed E-state index contributed by atoms with van der Waals surface area (Å²) < 4.78 is 5.21. The standard InChI is InChI=1S/C14H16N2O2/c1-16(2)15-8-7-11-5-6-12(14(11)17)10-13-4-3-9-18-13/h3-4,7-10H,5-6H2,1-2H3/b11-7+,12-10+,15-8+. The molecule has 0 N–H and O–H groups in total. The maximum atomic E-state index is 12.1. The number of nitrogens with zero attached hydrogens (tertiary/aromatic N) is 2. The number of Topliss-reactive ketones (excluding diaryl/α,β-unsaturated/α-hetero) is 1. The largest absolute Gasteiger partial charge is 0.465 e. The average Bonchev–Trinajstić information content (AvgIpc) is 2.93. The minimum Gasteiger partial charge on any atom is -0.465 e. The third-order valence-electron chi connectivity index (χ3n) is 2.68. The molecule has 0 bridgehead atoms. The van der Waals surface area contributed by atoms with Crippen molar-refractivity contribution in [2.24, 2.45) is 5.10 Å². The second kappa shape index (κ2) is 5.49. The summed E-state index contributed by atoms with van der Waals surface area (Å²) >= 11 is 0. The molecule has 0 amide bonds. The zero-order chi connectivity index (χ0) is 13.0. The van der Waals surface area contributed by atoms with Crippen molar-refractivity contribution in [1.29, 1.82) is 0 Å². The SMILES string of the molecule is CN(C)/N=C/C=C1\CC/C(=C\c2ccco2)C1=O. The van der Waals surface area contributed by atoms with Crippen LogP contribution in [-0.2, 0) is 4.79 Å². The maximum absolute atomic E-state index is 12.1. The molecule has 1 heterocycles. The van der Waals surface area contributed by atoms with Crippen LogP contribution in [0.1, 0.15) is 18.6 Å². The van der Waals surface area contributed by atoms with E-state index >= 15 is 0 Å². The van der Waals surface area contributed by atoms with E-state index < -0.39 is 0 Å². The van der Waals surface area contributed by atoms with Crippen molar-refractivity contribution < 1.29 is 9.21 Å². The molecular weight excluding hydrogens is 228 g/mol. The molecule has 94 valence electrons. The summed E-state index contributed by atoms with van der Waals surface area (Å²) in [6.07, 6.45) is 8.39. The van der Waals surface area contributed by atoms with E-state index in [1.54, 1.807) is 23.6 Å². The fraction of sp³-hybridized carbons (Fsp3) is 0.286. The predicted molar refractivity (Wildman–Crippen MR) is 71.2 cm³/mol. The predicted octanol–water partition coefficient (Wildman–Crippen LogP) is 2.50. The summed E-state index contributed by atoms with van der Waals surface area (Å²) in [4.78, 5) is 12.1. The fourth-order valence-electron chi connectivity index (χ4n) is 1.80. The van der Waals surface area contributed by atoms with E-state index in [4.69, 9.17) is 4.42 Å². The van der Waals surface area contributed by atoms with Crippen LogP contribution in [0.15, 0.2) is 45.1 Å². The van der Waals surface area contributed by atoms with Crippen molar-refractivity contribution in [2.75, 3.05) is 14.1 Å². The first kappa shape index (κ1) is 12.4. The topological polar surface area (TPSA) is 45.8 Å². The number of hydrogen-bond donors (Lipinski definition) is 0. The van der Waals surface area contributed by atoms with Gasteiger partial charge in [0.2, 0.25) is 0 Å². The van der Waals surface area contributed by atoms with E-state index in [9.17, 15) is 4.79 Å². The second-order valence-electron chi connectivity index (χ2n) is 4.32. The van der Waals surface area contributed by atoms with Gasteiger partial charge in [0, 0.05) is 31.5 Å². The van der Waals surface area contributed by atoms with Crippen molar-refractivity contribution in [2.45, 2.75) is 12.8 Å². The van der Waals surface area contributed by atoms with E-state index in [2.05, 4.69) is 5.10 Å². The highest BCUT2D eigenvalue weighted by Gasteiger charge is 2.22. The lowest BCUT2D eigenvalue weighted by Crippen LogP contribution is -2.01. The number of rotatable bonds is 3. The molecule has 0 atom stereocenters. The van der Waals surface area contributed by atoms with Crippen molar-refractivity contribution in [3.8, 4) is 0 Å². The van der Waals surface area contributed by atoms with Gasteiger partial charge in [-0.3, -0.25) is 4.79 Å². The van der Waals surface area contributed by atoms with Crippen molar-refractivity contribution in [3.63, 3.8) is 0 Å². The van der Waals surface area contributed by atoms with Gasteiger partial charge in [0.1, 0.15) is 5.76 Å². The van der Waals surface area contributed by atoms with Crippen molar-refractivity contribution in [1.82, 2.24) is 5.01 Å². The van der Waals surface area contributed by atoms with E-state index in [1.165, 1.54) is 0 Å². The highest BCUT2D eigenvalue weighted by atomic mass is 16.3. The number of carbonyl (C=O) groups is 1. The Balaban J connectivity index is 2.10. The van der Waals surface area contributed by atoms with Gasteiger partial charge in [-0.25, -0.2) is 0 Å². The second-order valence-corrected chi connectivity index (χ2v) is 4.32. The first-order valence-electron chi connectivity index (χ1n) is 5.86. The van der Waals surface area contributed by atoms with Gasteiger partial charge in [-0.15, -0.1) is 0 Å².